The van der Waals surface area contributed by atoms with E-state index in [-0.39, 0.29) is 11.9 Å². The SMILES string of the molecule is CC1(C(=O)NCc2cc[nH]c2)COCC1N. The van der Waals surface area contributed by atoms with E-state index >= 15 is 0 Å². The number of nitrogens with two attached hydrogens (primary N) is 1. The third-order valence-corrected chi connectivity index (χ3v) is 3.15. The number of carbonyl (C=O) groups is 1. The lowest BCUT2D eigenvalue weighted by Crippen LogP contribution is -2.49. The van der Waals surface area contributed by atoms with Gasteiger partial charge in [0.05, 0.1) is 18.6 Å². The minimum Gasteiger partial charge on any atom is -0.379 e. The van der Waals surface area contributed by atoms with Crippen LogP contribution in [0.2, 0.25) is 0 Å². The number of carbonyl (C=O) groups excluding carboxylic acids is 1. The van der Waals surface area contributed by atoms with E-state index in [9.17, 15) is 4.79 Å². The van der Waals surface area contributed by atoms with Crippen LogP contribution in [0.1, 0.15) is 12.5 Å². The van der Waals surface area contributed by atoms with Gasteiger partial charge >= 0.3 is 0 Å². The lowest BCUT2D eigenvalue weighted by molar-refractivity contribution is -0.130. The predicted molar refractivity (Wildman–Crippen MR) is 59.5 cm³/mol. The minimum atomic E-state index is -0.601. The smallest absolute Gasteiger partial charge is 0.230 e. The second kappa shape index (κ2) is 4.27. The van der Waals surface area contributed by atoms with Gasteiger partial charge in [-0.2, -0.15) is 0 Å². The number of hydrogen-bond acceptors (Lipinski definition) is 3. The number of amides is 1. The van der Waals surface area contributed by atoms with E-state index in [1.165, 1.54) is 0 Å². The number of aromatic amines is 1. The maximum Gasteiger partial charge on any atom is 0.230 e. The Kier molecular flexibility index (Phi) is 2.98. The van der Waals surface area contributed by atoms with Crippen LogP contribution in [0.4, 0.5) is 0 Å². The summed E-state index contributed by atoms with van der Waals surface area (Å²) in [4.78, 5) is 14.9. The standard InChI is InChI=1S/C11H17N3O2/c1-11(7-16-6-9(11)12)10(15)14-5-8-2-3-13-4-8/h2-4,9,13H,5-7,12H2,1H3,(H,14,15). The Morgan fingerprint density at radius 1 is 1.81 bits per heavy atom. The monoisotopic (exact) mass is 223 g/mol. The van der Waals surface area contributed by atoms with Crippen LogP contribution in [0.15, 0.2) is 18.5 Å². The summed E-state index contributed by atoms with van der Waals surface area (Å²) in [6.07, 6.45) is 3.68. The van der Waals surface area contributed by atoms with Crippen LogP contribution in [-0.2, 0) is 16.1 Å². The van der Waals surface area contributed by atoms with Gasteiger partial charge in [-0.3, -0.25) is 4.79 Å². The molecule has 1 aliphatic rings. The van der Waals surface area contributed by atoms with Crippen molar-refractivity contribution in [2.24, 2.45) is 11.1 Å². The summed E-state index contributed by atoms with van der Waals surface area (Å²) < 4.78 is 5.24. The molecule has 1 aromatic rings. The number of hydrogen-bond donors (Lipinski definition) is 3. The van der Waals surface area contributed by atoms with Crippen LogP contribution < -0.4 is 11.1 Å². The van der Waals surface area contributed by atoms with E-state index in [1.807, 2.05) is 25.4 Å². The molecule has 5 nitrogen and oxygen atoms in total. The first kappa shape index (κ1) is 11.2. The fourth-order valence-corrected chi connectivity index (χ4v) is 1.78. The fraction of sp³-hybridized carbons (Fsp3) is 0.545. The van der Waals surface area contributed by atoms with Crippen LogP contribution in [0.5, 0.6) is 0 Å². The molecule has 0 radical (unpaired) electrons. The topological polar surface area (TPSA) is 80.1 Å². The molecule has 16 heavy (non-hydrogen) atoms. The average molecular weight is 223 g/mol. The van der Waals surface area contributed by atoms with Crippen molar-refractivity contribution in [3.8, 4) is 0 Å². The Bertz CT molecular complexity index is 363. The molecule has 4 N–H and O–H groups in total. The van der Waals surface area contributed by atoms with Crippen molar-refractivity contribution >= 4 is 5.91 Å². The van der Waals surface area contributed by atoms with Gasteiger partial charge in [-0.25, -0.2) is 0 Å². The third-order valence-electron chi connectivity index (χ3n) is 3.15. The third kappa shape index (κ3) is 1.96. The molecular weight excluding hydrogens is 206 g/mol. The Hall–Kier alpha value is -1.33. The second-order valence-electron chi connectivity index (χ2n) is 4.44. The van der Waals surface area contributed by atoms with Crippen LogP contribution in [-0.4, -0.2) is 30.1 Å². The van der Waals surface area contributed by atoms with E-state index < -0.39 is 5.41 Å². The highest BCUT2D eigenvalue weighted by Crippen LogP contribution is 2.27. The molecule has 0 bridgehead atoms. The van der Waals surface area contributed by atoms with E-state index in [2.05, 4.69) is 10.3 Å². The summed E-state index contributed by atoms with van der Waals surface area (Å²) in [5.41, 5.74) is 6.32. The number of ether oxygens (including phenoxy) is 1. The molecule has 2 rings (SSSR count). The molecule has 88 valence electrons. The molecule has 1 fully saturated rings. The average Bonchev–Trinajstić information content (AvgIpc) is 2.87. The van der Waals surface area contributed by atoms with Crippen molar-refractivity contribution in [1.29, 1.82) is 0 Å². The zero-order chi connectivity index (χ0) is 11.6. The zero-order valence-electron chi connectivity index (χ0n) is 9.32. The molecule has 5 heteroatoms. The van der Waals surface area contributed by atoms with Crippen molar-refractivity contribution in [3.05, 3.63) is 24.0 Å². The Morgan fingerprint density at radius 2 is 2.62 bits per heavy atom. The van der Waals surface area contributed by atoms with Crippen molar-refractivity contribution in [2.45, 2.75) is 19.5 Å². The van der Waals surface area contributed by atoms with Crippen LogP contribution in [0.3, 0.4) is 0 Å². The van der Waals surface area contributed by atoms with Gasteiger partial charge in [-0.1, -0.05) is 0 Å². The predicted octanol–water partition coefficient (Wildman–Crippen LogP) is -0.00530. The van der Waals surface area contributed by atoms with Gasteiger partial charge in [0.1, 0.15) is 0 Å². The van der Waals surface area contributed by atoms with Gasteiger partial charge in [0, 0.05) is 25.0 Å². The Labute approximate surface area is 94.4 Å². The first-order chi connectivity index (χ1) is 7.63. The van der Waals surface area contributed by atoms with E-state index in [0.29, 0.717) is 19.8 Å². The summed E-state index contributed by atoms with van der Waals surface area (Å²) in [7, 11) is 0. The van der Waals surface area contributed by atoms with Crippen molar-refractivity contribution in [3.63, 3.8) is 0 Å². The molecule has 0 spiro atoms. The fourth-order valence-electron chi connectivity index (χ4n) is 1.78. The van der Waals surface area contributed by atoms with Gasteiger partial charge < -0.3 is 20.8 Å². The maximum atomic E-state index is 12.0. The van der Waals surface area contributed by atoms with Crippen LogP contribution >= 0.6 is 0 Å². The highest BCUT2D eigenvalue weighted by Gasteiger charge is 2.44. The first-order valence-corrected chi connectivity index (χ1v) is 5.36. The molecular formula is C11H17N3O2. The molecule has 1 aliphatic heterocycles. The summed E-state index contributed by atoms with van der Waals surface area (Å²) in [6.45, 7) is 3.21. The number of aromatic nitrogens is 1. The van der Waals surface area contributed by atoms with Crippen LogP contribution in [0, 0.1) is 5.41 Å². The Morgan fingerprint density at radius 3 is 3.19 bits per heavy atom. The van der Waals surface area contributed by atoms with E-state index in [1.54, 1.807) is 0 Å². The maximum absolute atomic E-state index is 12.0. The molecule has 2 unspecified atom stereocenters. The molecule has 2 atom stereocenters. The summed E-state index contributed by atoms with van der Waals surface area (Å²) in [5.74, 6) is -0.0429. The van der Waals surface area contributed by atoms with Crippen molar-refractivity contribution in [2.75, 3.05) is 13.2 Å². The summed E-state index contributed by atoms with van der Waals surface area (Å²) in [6, 6.07) is 1.70. The summed E-state index contributed by atoms with van der Waals surface area (Å²) >= 11 is 0. The first-order valence-electron chi connectivity index (χ1n) is 5.36. The molecule has 0 aromatic carbocycles. The minimum absolute atomic E-state index is 0.0429. The second-order valence-corrected chi connectivity index (χ2v) is 4.44. The zero-order valence-corrected chi connectivity index (χ0v) is 9.32. The summed E-state index contributed by atoms with van der Waals surface area (Å²) in [5, 5.41) is 2.88. The lowest BCUT2D eigenvalue weighted by Gasteiger charge is -2.25. The largest absolute Gasteiger partial charge is 0.379 e. The number of nitrogens with one attached hydrogen (secondary N) is 2. The van der Waals surface area contributed by atoms with Gasteiger partial charge in [-0.05, 0) is 18.6 Å². The highest BCUT2D eigenvalue weighted by atomic mass is 16.5. The van der Waals surface area contributed by atoms with E-state index in [4.69, 9.17) is 10.5 Å². The normalized spacial score (nSPS) is 29.2. The van der Waals surface area contributed by atoms with Crippen molar-refractivity contribution < 1.29 is 9.53 Å². The molecule has 1 saturated heterocycles. The molecule has 2 heterocycles. The Balaban J connectivity index is 1.93. The molecule has 1 aromatic heterocycles. The quantitative estimate of drug-likeness (QED) is 0.674. The number of H-pyrrole nitrogens is 1. The van der Waals surface area contributed by atoms with Crippen LogP contribution in [0.25, 0.3) is 0 Å². The van der Waals surface area contributed by atoms with E-state index in [0.717, 1.165) is 5.56 Å². The van der Waals surface area contributed by atoms with Crippen molar-refractivity contribution in [1.82, 2.24) is 10.3 Å². The molecule has 1 amide bonds. The highest BCUT2D eigenvalue weighted by molar-refractivity contribution is 5.83. The van der Waals surface area contributed by atoms with Gasteiger partial charge in [-0.15, -0.1) is 0 Å². The molecule has 0 saturated carbocycles. The molecule has 0 aliphatic carbocycles. The van der Waals surface area contributed by atoms with Gasteiger partial charge in [0.25, 0.3) is 0 Å². The lowest BCUT2D eigenvalue weighted by atomic mass is 9.85. The van der Waals surface area contributed by atoms with Gasteiger partial charge in [0.2, 0.25) is 5.91 Å². The van der Waals surface area contributed by atoms with Gasteiger partial charge in [0.15, 0.2) is 0 Å². The number of rotatable bonds is 3.